The molecule has 2 heterocycles. The van der Waals surface area contributed by atoms with Crippen molar-refractivity contribution in [3.05, 3.63) is 75.2 Å². The SMILES string of the molecule is Cc1ccc(C(=O)c2cn(C)c3nc(C)ccc3c2=O)cc1. The fourth-order valence-corrected chi connectivity index (χ4v) is 2.47. The fourth-order valence-electron chi connectivity index (χ4n) is 2.47. The van der Waals surface area contributed by atoms with Gasteiger partial charge in [0, 0.05) is 24.5 Å². The summed E-state index contributed by atoms with van der Waals surface area (Å²) in [6, 6.07) is 10.7. The Morgan fingerprint density at radius 2 is 1.73 bits per heavy atom. The van der Waals surface area contributed by atoms with E-state index in [4.69, 9.17) is 0 Å². The van der Waals surface area contributed by atoms with E-state index >= 15 is 0 Å². The van der Waals surface area contributed by atoms with E-state index in [9.17, 15) is 9.59 Å². The maximum Gasteiger partial charge on any atom is 0.202 e. The molecule has 0 spiro atoms. The molecule has 0 bridgehead atoms. The molecule has 0 fully saturated rings. The zero-order valence-electron chi connectivity index (χ0n) is 12.8. The summed E-state index contributed by atoms with van der Waals surface area (Å²) in [5, 5.41) is 0.464. The number of carbonyl (C=O) groups is 1. The second-order valence-corrected chi connectivity index (χ2v) is 5.50. The van der Waals surface area contributed by atoms with Crippen molar-refractivity contribution in [2.75, 3.05) is 0 Å². The first kappa shape index (κ1) is 14.2. The molecule has 4 heteroatoms. The van der Waals surface area contributed by atoms with E-state index in [1.165, 1.54) is 0 Å². The molecule has 0 unspecified atom stereocenters. The molecule has 3 rings (SSSR count). The number of rotatable bonds is 2. The molecule has 0 saturated carbocycles. The van der Waals surface area contributed by atoms with Crippen LogP contribution in [0.5, 0.6) is 0 Å². The highest BCUT2D eigenvalue weighted by atomic mass is 16.1. The highest BCUT2D eigenvalue weighted by Crippen LogP contribution is 2.13. The molecule has 0 radical (unpaired) electrons. The average Bonchev–Trinajstić information content (AvgIpc) is 2.51. The fraction of sp³-hybridized carbons (Fsp3) is 0.167. The lowest BCUT2D eigenvalue weighted by Gasteiger charge is -2.08. The van der Waals surface area contributed by atoms with Gasteiger partial charge >= 0.3 is 0 Å². The molecule has 0 saturated heterocycles. The van der Waals surface area contributed by atoms with E-state index in [-0.39, 0.29) is 16.8 Å². The van der Waals surface area contributed by atoms with Crippen LogP contribution in [-0.4, -0.2) is 15.3 Å². The second kappa shape index (κ2) is 5.22. The molecule has 0 atom stereocenters. The van der Waals surface area contributed by atoms with Gasteiger partial charge in [0.2, 0.25) is 5.43 Å². The van der Waals surface area contributed by atoms with Crippen molar-refractivity contribution >= 4 is 16.8 Å². The molecule has 0 aliphatic rings. The van der Waals surface area contributed by atoms with Crippen molar-refractivity contribution in [2.45, 2.75) is 13.8 Å². The lowest BCUT2D eigenvalue weighted by molar-refractivity contribution is 0.103. The summed E-state index contributed by atoms with van der Waals surface area (Å²) in [7, 11) is 1.79. The van der Waals surface area contributed by atoms with Gasteiger partial charge in [-0.25, -0.2) is 4.98 Å². The van der Waals surface area contributed by atoms with Crippen molar-refractivity contribution in [3.8, 4) is 0 Å². The number of pyridine rings is 2. The van der Waals surface area contributed by atoms with Crippen LogP contribution in [0.1, 0.15) is 27.2 Å². The molecule has 22 heavy (non-hydrogen) atoms. The Morgan fingerprint density at radius 3 is 2.41 bits per heavy atom. The van der Waals surface area contributed by atoms with Crippen molar-refractivity contribution < 1.29 is 4.79 Å². The molecular weight excluding hydrogens is 276 g/mol. The van der Waals surface area contributed by atoms with Gasteiger partial charge in [-0.1, -0.05) is 29.8 Å². The third kappa shape index (κ3) is 2.33. The van der Waals surface area contributed by atoms with Crippen LogP contribution in [0.25, 0.3) is 11.0 Å². The largest absolute Gasteiger partial charge is 0.335 e. The van der Waals surface area contributed by atoms with Gasteiger partial charge < -0.3 is 4.57 Å². The molecule has 4 nitrogen and oxygen atoms in total. The number of aromatic nitrogens is 2. The van der Waals surface area contributed by atoms with E-state index in [0.29, 0.717) is 16.6 Å². The topological polar surface area (TPSA) is 52.0 Å². The number of aryl methyl sites for hydroxylation is 3. The van der Waals surface area contributed by atoms with E-state index in [1.54, 1.807) is 42.1 Å². The summed E-state index contributed by atoms with van der Waals surface area (Å²) >= 11 is 0. The third-order valence-corrected chi connectivity index (χ3v) is 3.72. The summed E-state index contributed by atoms with van der Waals surface area (Å²) in [6.45, 7) is 3.83. The van der Waals surface area contributed by atoms with Crippen molar-refractivity contribution in [2.24, 2.45) is 7.05 Å². The first-order valence-corrected chi connectivity index (χ1v) is 7.06. The van der Waals surface area contributed by atoms with Crippen LogP contribution in [0, 0.1) is 13.8 Å². The number of hydrogen-bond acceptors (Lipinski definition) is 3. The molecule has 1 aromatic carbocycles. The monoisotopic (exact) mass is 292 g/mol. The zero-order valence-corrected chi connectivity index (χ0v) is 12.8. The van der Waals surface area contributed by atoms with E-state index < -0.39 is 0 Å². The molecule has 0 N–H and O–H groups in total. The van der Waals surface area contributed by atoms with Gasteiger partial charge in [-0.2, -0.15) is 0 Å². The van der Waals surface area contributed by atoms with Gasteiger partial charge in [-0.05, 0) is 26.0 Å². The van der Waals surface area contributed by atoms with Crippen LogP contribution in [-0.2, 0) is 7.05 Å². The second-order valence-electron chi connectivity index (χ2n) is 5.50. The Labute approximate surface area is 128 Å². The van der Waals surface area contributed by atoms with Crippen molar-refractivity contribution in [1.82, 2.24) is 9.55 Å². The van der Waals surface area contributed by atoms with Crippen LogP contribution in [0.2, 0.25) is 0 Å². The quantitative estimate of drug-likeness (QED) is 0.682. The van der Waals surface area contributed by atoms with Crippen LogP contribution in [0.15, 0.2) is 47.4 Å². The standard InChI is InChI=1S/C18H16N2O2/c1-11-4-7-13(8-5-11)16(21)15-10-20(3)18-14(17(15)22)9-6-12(2)19-18/h4-10H,1-3H3. The number of nitrogens with zero attached hydrogens (tertiary/aromatic N) is 2. The Balaban J connectivity index is 2.21. The van der Waals surface area contributed by atoms with Gasteiger partial charge in [0.05, 0.1) is 10.9 Å². The molecule has 110 valence electrons. The Morgan fingerprint density at radius 1 is 1.05 bits per heavy atom. The normalized spacial score (nSPS) is 10.9. The summed E-state index contributed by atoms with van der Waals surface area (Å²) in [4.78, 5) is 29.6. The number of fused-ring (bicyclic) bond motifs is 1. The van der Waals surface area contributed by atoms with E-state index in [2.05, 4.69) is 4.98 Å². The van der Waals surface area contributed by atoms with Gasteiger partial charge in [0.25, 0.3) is 0 Å². The first-order valence-electron chi connectivity index (χ1n) is 7.06. The smallest absolute Gasteiger partial charge is 0.202 e. The maximum absolute atomic E-state index is 12.6. The van der Waals surface area contributed by atoms with Gasteiger partial charge in [0.1, 0.15) is 5.65 Å². The maximum atomic E-state index is 12.6. The number of ketones is 1. The van der Waals surface area contributed by atoms with Crippen LogP contribution >= 0.6 is 0 Å². The van der Waals surface area contributed by atoms with Crippen molar-refractivity contribution in [1.29, 1.82) is 0 Å². The van der Waals surface area contributed by atoms with Crippen molar-refractivity contribution in [3.63, 3.8) is 0 Å². The third-order valence-electron chi connectivity index (χ3n) is 3.72. The van der Waals surface area contributed by atoms with Crippen LogP contribution in [0.4, 0.5) is 0 Å². The summed E-state index contributed by atoms with van der Waals surface area (Å²) in [6.07, 6.45) is 1.57. The number of hydrogen-bond donors (Lipinski definition) is 0. The summed E-state index contributed by atoms with van der Waals surface area (Å²) < 4.78 is 1.73. The minimum Gasteiger partial charge on any atom is -0.335 e. The van der Waals surface area contributed by atoms with E-state index in [1.807, 2.05) is 26.0 Å². The Kier molecular flexibility index (Phi) is 3.37. The van der Waals surface area contributed by atoms with Gasteiger partial charge in [-0.3, -0.25) is 9.59 Å². The predicted octanol–water partition coefficient (Wildman–Crippen LogP) is 2.78. The molecule has 2 aromatic heterocycles. The van der Waals surface area contributed by atoms with Crippen LogP contribution < -0.4 is 5.43 Å². The Bertz CT molecular complexity index is 938. The number of benzene rings is 1. The molecule has 0 aliphatic heterocycles. The molecule has 0 aliphatic carbocycles. The molecule has 3 aromatic rings. The Hall–Kier alpha value is -2.75. The highest BCUT2D eigenvalue weighted by Gasteiger charge is 2.16. The number of carbonyl (C=O) groups excluding carboxylic acids is 1. The minimum absolute atomic E-state index is 0.171. The average molecular weight is 292 g/mol. The summed E-state index contributed by atoms with van der Waals surface area (Å²) in [5.74, 6) is -0.261. The van der Waals surface area contributed by atoms with Crippen LogP contribution in [0.3, 0.4) is 0 Å². The van der Waals surface area contributed by atoms with Gasteiger partial charge in [0.15, 0.2) is 5.78 Å². The molecule has 0 amide bonds. The minimum atomic E-state index is -0.272. The highest BCUT2D eigenvalue weighted by molar-refractivity contribution is 6.10. The van der Waals surface area contributed by atoms with Gasteiger partial charge in [-0.15, -0.1) is 0 Å². The summed E-state index contributed by atoms with van der Waals surface area (Å²) in [5.41, 5.74) is 2.91. The lowest BCUT2D eigenvalue weighted by atomic mass is 10.0. The van der Waals surface area contributed by atoms with E-state index in [0.717, 1.165) is 11.3 Å². The predicted molar refractivity (Wildman–Crippen MR) is 86.3 cm³/mol. The lowest BCUT2D eigenvalue weighted by Crippen LogP contribution is -2.19. The zero-order chi connectivity index (χ0) is 15.9. The first-order chi connectivity index (χ1) is 10.5. The molecular formula is C18H16N2O2.